The van der Waals surface area contributed by atoms with Crippen molar-refractivity contribution in [2.45, 2.75) is 31.2 Å². The molecule has 7 nitrogen and oxygen atoms in total. The molecule has 1 amide bonds. The van der Waals surface area contributed by atoms with Crippen molar-refractivity contribution in [1.82, 2.24) is 15.0 Å². The lowest BCUT2D eigenvalue weighted by Gasteiger charge is -2.09. The van der Waals surface area contributed by atoms with Gasteiger partial charge in [-0.2, -0.15) is 0 Å². The molecule has 1 heterocycles. The molecule has 1 aromatic rings. The lowest BCUT2D eigenvalue weighted by atomic mass is 10.3. The third-order valence-electron chi connectivity index (χ3n) is 2.25. The summed E-state index contributed by atoms with van der Waals surface area (Å²) < 4.78 is 26.1. The van der Waals surface area contributed by atoms with Crippen molar-refractivity contribution in [2.75, 3.05) is 12.3 Å². The molecule has 112 valence electrons. The van der Waals surface area contributed by atoms with Crippen molar-refractivity contribution < 1.29 is 13.2 Å². The topological polar surface area (TPSA) is 114 Å². The van der Waals surface area contributed by atoms with Crippen LogP contribution in [-0.2, 0) is 14.8 Å². The highest BCUT2D eigenvalue weighted by atomic mass is 35.5. The SMILES string of the molecule is CC(C)NC(=O)CCNS(=O)(=O)c1cnc(N)c(Cl)c1. The average molecular weight is 321 g/mol. The Morgan fingerprint density at radius 1 is 1.50 bits per heavy atom. The van der Waals surface area contributed by atoms with Gasteiger partial charge in [0.1, 0.15) is 10.7 Å². The Balaban J connectivity index is 2.62. The van der Waals surface area contributed by atoms with Gasteiger partial charge in [-0.15, -0.1) is 0 Å². The van der Waals surface area contributed by atoms with E-state index in [0.29, 0.717) is 0 Å². The van der Waals surface area contributed by atoms with Crippen LogP contribution in [-0.4, -0.2) is 31.9 Å². The smallest absolute Gasteiger partial charge is 0.242 e. The summed E-state index contributed by atoms with van der Waals surface area (Å²) in [6.45, 7) is 3.64. The van der Waals surface area contributed by atoms with E-state index in [1.807, 2.05) is 13.8 Å². The second-order valence-electron chi connectivity index (χ2n) is 4.41. The highest BCUT2D eigenvalue weighted by molar-refractivity contribution is 7.89. The van der Waals surface area contributed by atoms with E-state index in [2.05, 4.69) is 15.0 Å². The summed E-state index contributed by atoms with van der Waals surface area (Å²) in [7, 11) is -3.76. The van der Waals surface area contributed by atoms with Crippen LogP contribution < -0.4 is 15.8 Å². The number of carbonyl (C=O) groups excluding carboxylic acids is 1. The quantitative estimate of drug-likeness (QED) is 0.706. The minimum absolute atomic E-state index is 0.0110. The van der Waals surface area contributed by atoms with Crippen LogP contribution >= 0.6 is 11.6 Å². The van der Waals surface area contributed by atoms with E-state index >= 15 is 0 Å². The number of anilines is 1. The molecular weight excluding hydrogens is 304 g/mol. The number of halogens is 1. The molecule has 0 aliphatic carbocycles. The molecule has 0 bridgehead atoms. The van der Waals surface area contributed by atoms with E-state index in [0.717, 1.165) is 6.20 Å². The Bertz CT molecular complexity index is 589. The molecule has 0 unspecified atom stereocenters. The molecule has 0 radical (unpaired) electrons. The molecule has 0 spiro atoms. The summed E-state index contributed by atoms with van der Waals surface area (Å²) in [4.78, 5) is 15.0. The first-order valence-electron chi connectivity index (χ1n) is 5.92. The zero-order valence-electron chi connectivity index (χ0n) is 11.2. The predicted molar refractivity (Wildman–Crippen MR) is 76.7 cm³/mol. The first-order chi connectivity index (χ1) is 9.22. The molecule has 0 aromatic carbocycles. The molecule has 20 heavy (non-hydrogen) atoms. The lowest BCUT2D eigenvalue weighted by molar-refractivity contribution is -0.121. The van der Waals surface area contributed by atoms with Crippen LogP contribution in [0.5, 0.6) is 0 Å². The van der Waals surface area contributed by atoms with Gasteiger partial charge < -0.3 is 11.1 Å². The zero-order valence-corrected chi connectivity index (χ0v) is 12.8. The Morgan fingerprint density at radius 2 is 2.15 bits per heavy atom. The monoisotopic (exact) mass is 320 g/mol. The second-order valence-corrected chi connectivity index (χ2v) is 6.58. The van der Waals surface area contributed by atoms with Gasteiger partial charge in [0.25, 0.3) is 0 Å². The Kier molecular flexibility index (Phi) is 5.73. The minimum atomic E-state index is -3.76. The molecule has 0 aliphatic heterocycles. The second kappa shape index (κ2) is 6.87. The van der Waals surface area contributed by atoms with Gasteiger partial charge in [0, 0.05) is 25.2 Å². The van der Waals surface area contributed by atoms with Gasteiger partial charge in [-0.25, -0.2) is 18.1 Å². The molecule has 1 aromatic heterocycles. The predicted octanol–water partition coefficient (Wildman–Crippen LogP) is 0.510. The van der Waals surface area contributed by atoms with Crippen molar-refractivity contribution in [1.29, 1.82) is 0 Å². The number of sulfonamides is 1. The number of amides is 1. The fourth-order valence-corrected chi connectivity index (χ4v) is 2.59. The minimum Gasteiger partial charge on any atom is -0.382 e. The fraction of sp³-hybridized carbons (Fsp3) is 0.455. The molecule has 1 rings (SSSR count). The van der Waals surface area contributed by atoms with Crippen LogP contribution in [0.1, 0.15) is 20.3 Å². The van der Waals surface area contributed by atoms with Crippen LogP contribution in [0.15, 0.2) is 17.2 Å². The maximum atomic E-state index is 11.9. The van der Waals surface area contributed by atoms with Crippen molar-refractivity contribution in [3.05, 3.63) is 17.3 Å². The van der Waals surface area contributed by atoms with Crippen LogP contribution in [0.3, 0.4) is 0 Å². The summed E-state index contributed by atoms with van der Waals surface area (Å²) >= 11 is 5.72. The largest absolute Gasteiger partial charge is 0.382 e. The molecule has 0 aliphatic rings. The third kappa shape index (κ3) is 4.95. The van der Waals surface area contributed by atoms with Gasteiger partial charge in [0.2, 0.25) is 15.9 Å². The fourth-order valence-electron chi connectivity index (χ4n) is 1.35. The molecule has 0 saturated carbocycles. The Hall–Kier alpha value is -1.38. The summed E-state index contributed by atoms with van der Waals surface area (Å²) in [5, 5.41) is 2.72. The van der Waals surface area contributed by atoms with Crippen LogP contribution in [0, 0.1) is 0 Å². The summed E-state index contributed by atoms with van der Waals surface area (Å²) in [5.41, 5.74) is 5.41. The number of rotatable bonds is 6. The van der Waals surface area contributed by atoms with Gasteiger partial charge in [-0.1, -0.05) is 11.6 Å². The molecule has 0 atom stereocenters. The van der Waals surface area contributed by atoms with Crippen molar-refractivity contribution >= 4 is 33.3 Å². The maximum absolute atomic E-state index is 11.9. The van der Waals surface area contributed by atoms with E-state index in [9.17, 15) is 13.2 Å². The van der Waals surface area contributed by atoms with Gasteiger partial charge >= 0.3 is 0 Å². The number of aromatic nitrogens is 1. The number of hydrogen-bond donors (Lipinski definition) is 3. The van der Waals surface area contributed by atoms with Crippen LogP contribution in [0.4, 0.5) is 5.82 Å². The number of nitrogens with zero attached hydrogens (tertiary/aromatic N) is 1. The van der Waals surface area contributed by atoms with Crippen molar-refractivity contribution in [3.8, 4) is 0 Å². The third-order valence-corrected chi connectivity index (χ3v) is 3.98. The van der Waals surface area contributed by atoms with E-state index in [1.54, 1.807) is 0 Å². The van der Waals surface area contributed by atoms with Crippen LogP contribution in [0.2, 0.25) is 5.02 Å². The highest BCUT2D eigenvalue weighted by Gasteiger charge is 2.16. The van der Waals surface area contributed by atoms with Crippen molar-refractivity contribution in [3.63, 3.8) is 0 Å². The normalized spacial score (nSPS) is 11.6. The van der Waals surface area contributed by atoms with Crippen LogP contribution in [0.25, 0.3) is 0 Å². The van der Waals surface area contributed by atoms with Gasteiger partial charge in [-0.05, 0) is 19.9 Å². The van der Waals surface area contributed by atoms with Gasteiger partial charge in [0.15, 0.2) is 0 Å². The molecule has 0 saturated heterocycles. The van der Waals surface area contributed by atoms with E-state index in [-0.39, 0.29) is 40.7 Å². The van der Waals surface area contributed by atoms with E-state index in [1.165, 1.54) is 6.07 Å². The molecule has 4 N–H and O–H groups in total. The average Bonchev–Trinajstić information content (AvgIpc) is 2.31. The number of nitrogen functional groups attached to an aromatic ring is 1. The highest BCUT2D eigenvalue weighted by Crippen LogP contribution is 2.19. The van der Waals surface area contributed by atoms with E-state index in [4.69, 9.17) is 17.3 Å². The lowest BCUT2D eigenvalue weighted by Crippen LogP contribution is -2.34. The molecule has 9 heteroatoms. The van der Waals surface area contributed by atoms with E-state index < -0.39 is 10.0 Å². The molecular formula is C11H17ClN4O3S. The number of hydrogen-bond acceptors (Lipinski definition) is 5. The number of nitrogens with one attached hydrogen (secondary N) is 2. The maximum Gasteiger partial charge on any atom is 0.242 e. The molecule has 0 fully saturated rings. The number of pyridine rings is 1. The summed E-state index contributed by atoms with van der Waals surface area (Å²) in [5.74, 6) is -0.168. The van der Waals surface area contributed by atoms with Gasteiger partial charge in [-0.3, -0.25) is 4.79 Å². The summed E-state index contributed by atoms with van der Waals surface area (Å²) in [6.07, 6.45) is 1.16. The Morgan fingerprint density at radius 3 is 2.70 bits per heavy atom. The summed E-state index contributed by atoms with van der Waals surface area (Å²) in [6, 6.07) is 1.22. The zero-order chi connectivity index (χ0) is 15.3. The number of carbonyl (C=O) groups is 1. The number of nitrogens with two attached hydrogens (primary N) is 1. The Labute approximate surface area is 123 Å². The van der Waals surface area contributed by atoms with Gasteiger partial charge in [0.05, 0.1) is 5.02 Å². The first-order valence-corrected chi connectivity index (χ1v) is 7.78. The van der Waals surface area contributed by atoms with Crippen molar-refractivity contribution in [2.24, 2.45) is 0 Å². The first kappa shape index (κ1) is 16.7. The standard InChI is InChI=1S/C11H17ClN4O3S/c1-7(2)16-10(17)3-4-15-20(18,19)8-5-9(12)11(13)14-6-8/h5-7,15H,3-4H2,1-2H3,(H2,13,14)(H,16,17).